The molecule has 0 N–H and O–H groups in total. The SMILES string of the molecule is CCOC(=O)C(C(=O)OCC)c1nc(Cl)ccc1OC. The van der Waals surface area contributed by atoms with Crippen LogP contribution < -0.4 is 4.74 Å². The zero-order valence-electron chi connectivity index (χ0n) is 11.5. The topological polar surface area (TPSA) is 74.7 Å². The number of ether oxygens (including phenoxy) is 3. The lowest BCUT2D eigenvalue weighted by molar-refractivity contribution is -0.157. The Bertz CT molecular complexity index is 474. The second-order valence-electron chi connectivity index (χ2n) is 3.66. The molecular weight excluding hydrogens is 286 g/mol. The first-order valence-electron chi connectivity index (χ1n) is 6.08. The Kier molecular flexibility index (Phi) is 6.24. The minimum absolute atomic E-state index is 0.0805. The van der Waals surface area contributed by atoms with Crippen molar-refractivity contribution in [1.82, 2.24) is 4.98 Å². The largest absolute Gasteiger partial charge is 0.495 e. The van der Waals surface area contributed by atoms with Gasteiger partial charge in [0, 0.05) is 0 Å². The smallest absolute Gasteiger partial charge is 0.326 e. The van der Waals surface area contributed by atoms with Crippen LogP contribution in [0.3, 0.4) is 0 Å². The molecule has 0 spiro atoms. The zero-order valence-corrected chi connectivity index (χ0v) is 12.3. The van der Waals surface area contributed by atoms with Gasteiger partial charge in [0.05, 0.1) is 20.3 Å². The van der Waals surface area contributed by atoms with E-state index in [0.29, 0.717) is 0 Å². The fourth-order valence-electron chi connectivity index (χ4n) is 1.59. The molecule has 0 saturated heterocycles. The van der Waals surface area contributed by atoms with E-state index in [9.17, 15) is 9.59 Å². The van der Waals surface area contributed by atoms with Gasteiger partial charge in [0.2, 0.25) is 0 Å². The fourth-order valence-corrected chi connectivity index (χ4v) is 1.74. The van der Waals surface area contributed by atoms with E-state index in [2.05, 4.69) is 4.98 Å². The van der Waals surface area contributed by atoms with Crippen LogP contribution in [0.2, 0.25) is 5.15 Å². The molecule has 0 aliphatic rings. The Morgan fingerprint density at radius 3 is 2.20 bits per heavy atom. The van der Waals surface area contributed by atoms with E-state index in [0.717, 1.165) is 0 Å². The minimum atomic E-state index is -1.32. The number of aromatic nitrogens is 1. The van der Waals surface area contributed by atoms with Crippen molar-refractivity contribution in [3.8, 4) is 5.75 Å². The summed E-state index contributed by atoms with van der Waals surface area (Å²) in [6.07, 6.45) is 0. The number of rotatable bonds is 6. The predicted octanol–water partition coefficient (Wildman–Crippen LogP) is 1.95. The van der Waals surface area contributed by atoms with Crippen molar-refractivity contribution >= 4 is 23.5 Å². The molecule has 0 radical (unpaired) electrons. The van der Waals surface area contributed by atoms with Crippen LogP contribution in [0.4, 0.5) is 0 Å². The lowest BCUT2D eigenvalue weighted by atomic mass is 10.0. The van der Waals surface area contributed by atoms with Gasteiger partial charge in [0.15, 0.2) is 5.92 Å². The Morgan fingerprint density at radius 1 is 1.20 bits per heavy atom. The Balaban J connectivity index is 3.25. The van der Waals surface area contributed by atoms with E-state index in [4.69, 9.17) is 25.8 Å². The second-order valence-corrected chi connectivity index (χ2v) is 4.05. The molecule has 1 aromatic rings. The maximum atomic E-state index is 12.0. The number of hydrogen-bond acceptors (Lipinski definition) is 6. The van der Waals surface area contributed by atoms with Gasteiger partial charge in [-0.1, -0.05) is 11.6 Å². The first kappa shape index (κ1) is 16.2. The van der Waals surface area contributed by atoms with E-state index in [1.165, 1.54) is 19.2 Å². The Morgan fingerprint density at radius 2 is 1.75 bits per heavy atom. The minimum Gasteiger partial charge on any atom is -0.495 e. The van der Waals surface area contributed by atoms with Crippen molar-refractivity contribution in [3.63, 3.8) is 0 Å². The second kappa shape index (κ2) is 7.69. The number of halogens is 1. The Labute approximate surface area is 122 Å². The first-order valence-corrected chi connectivity index (χ1v) is 6.46. The normalized spacial score (nSPS) is 10.2. The van der Waals surface area contributed by atoms with Crippen LogP contribution in [0.5, 0.6) is 5.75 Å². The van der Waals surface area contributed by atoms with Gasteiger partial charge in [-0.05, 0) is 26.0 Å². The first-order chi connectivity index (χ1) is 9.54. The van der Waals surface area contributed by atoms with Gasteiger partial charge >= 0.3 is 11.9 Å². The van der Waals surface area contributed by atoms with Crippen molar-refractivity contribution in [3.05, 3.63) is 23.0 Å². The summed E-state index contributed by atoms with van der Waals surface area (Å²) < 4.78 is 14.9. The number of carbonyl (C=O) groups is 2. The summed E-state index contributed by atoms with van der Waals surface area (Å²) >= 11 is 5.81. The average Bonchev–Trinajstić information content (AvgIpc) is 2.40. The van der Waals surface area contributed by atoms with E-state index < -0.39 is 17.9 Å². The van der Waals surface area contributed by atoms with Crippen LogP contribution in [0.1, 0.15) is 25.5 Å². The van der Waals surface area contributed by atoms with Gasteiger partial charge in [-0.15, -0.1) is 0 Å². The van der Waals surface area contributed by atoms with Crippen LogP contribution in [0.15, 0.2) is 12.1 Å². The molecule has 0 aliphatic carbocycles. The summed E-state index contributed by atoms with van der Waals surface area (Å²) in [6.45, 7) is 3.56. The zero-order chi connectivity index (χ0) is 15.1. The molecule has 0 atom stereocenters. The molecule has 0 unspecified atom stereocenters. The van der Waals surface area contributed by atoms with Gasteiger partial charge in [-0.3, -0.25) is 9.59 Å². The molecule has 0 fully saturated rings. The van der Waals surface area contributed by atoms with Gasteiger partial charge in [-0.25, -0.2) is 4.98 Å². The summed E-state index contributed by atoms with van der Waals surface area (Å²) in [5.41, 5.74) is 0.0805. The number of esters is 2. The summed E-state index contributed by atoms with van der Waals surface area (Å²) in [5, 5.41) is 0.138. The lowest BCUT2D eigenvalue weighted by Gasteiger charge is -2.16. The number of nitrogens with zero attached hydrogens (tertiary/aromatic N) is 1. The van der Waals surface area contributed by atoms with Gasteiger partial charge in [0.25, 0.3) is 0 Å². The van der Waals surface area contributed by atoms with Crippen LogP contribution in [0, 0.1) is 0 Å². The van der Waals surface area contributed by atoms with Crippen LogP contribution in [-0.4, -0.2) is 37.2 Å². The maximum Gasteiger partial charge on any atom is 0.326 e. The molecule has 1 heterocycles. The van der Waals surface area contributed by atoms with Crippen molar-refractivity contribution in [1.29, 1.82) is 0 Å². The van der Waals surface area contributed by atoms with E-state index in [1.807, 2.05) is 0 Å². The van der Waals surface area contributed by atoms with Crippen LogP contribution >= 0.6 is 11.6 Å². The molecule has 1 aromatic heterocycles. The average molecular weight is 302 g/mol. The molecule has 0 aliphatic heterocycles. The van der Waals surface area contributed by atoms with Crippen LogP contribution in [-0.2, 0) is 19.1 Å². The summed E-state index contributed by atoms with van der Waals surface area (Å²) in [6, 6.07) is 3.02. The summed E-state index contributed by atoms with van der Waals surface area (Å²) in [4.78, 5) is 27.9. The predicted molar refractivity (Wildman–Crippen MR) is 71.8 cm³/mol. The molecule has 1 rings (SSSR count). The maximum absolute atomic E-state index is 12.0. The van der Waals surface area contributed by atoms with Gasteiger partial charge in [-0.2, -0.15) is 0 Å². The standard InChI is InChI=1S/C13H16ClNO5/c1-4-19-12(16)10(13(17)20-5-2)11-8(18-3)6-7-9(14)15-11/h6-7,10H,4-5H2,1-3H3. The summed E-state index contributed by atoms with van der Waals surface area (Å²) in [5.74, 6) is -2.55. The third kappa shape index (κ3) is 3.84. The molecule has 0 aromatic carbocycles. The Hall–Kier alpha value is -1.82. The number of methoxy groups -OCH3 is 1. The number of hydrogen-bond donors (Lipinski definition) is 0. The third-order valence-electron chi connectivity index (χ3n) is 2.39. The van der Waals surface area contributed by atoms with Crippen LogP contribution in [0.25, 0.3) is 0 Å². The highest BCUT2D eigenvalue weighted by Crippen LogP contribution is 2.28. The van der Waals surface area contributed by atoms with E-state index in [-0.39, 0.29) is 29.8 Å². The van der Waals surface area contributed by atoms with Crippen molar-refractivity contribution in [2.45, 2.75) is 19.8 Å². The quantitative estimate of drug-likeness (QED) is 0.454. The van der Waals surface area contributed by atoms with Gasteiger partial charge < -0.3 is 14.2 Å². The molecule has 6 nitrogen and oxygen atoms in total. The van der Waals surface area contributed by atoms with E-state index >= 15 is 0 Å². The monoisotopic (exact) mass is 301 g/mol. The highest BCUT2D eigenvalue weighted by Gasteiger charge is 2.35. The molecular formula is C13H16ClNO5. The highest BCUT2D eigenvalue weighted by atomic mass is 35.5. The van der Waals surface area contributed by atoms with Crippen molar-refractivity contribution < 1.29 is 23.8 Å². The van der Waals surface area contributed by atoms with Gasteiger partial charge in [0.1, 0.15) is 16.6 Å². The fraction of sp³-hybridized carbons (Fsp3) is 0.462. The molecule has 7 heteroatoms. The third-order valence-corrected chi connectivity index (χ3v) is 2.60. The number of pyridine rings is 1. The molecule has 0 bridgehead atoms. The number of carbonyl (C=O) groups excluding carboxylic acids is 2. The highest BCUT2D eigenvalue weighted by molar-refractivity contribution is 6.29. The lowest BCUT2D eigenvalue weighted by Crippen LogP contribution is -2.27. The summed E-state index contributed by atoms with van der Waals surface area (Å²) in [7, 11) is 1.40. The molecule has 110 valence electrons. The van der Waals surface area contributed by atoms with E-state index in [1.54, 1.807) is 13.8 Å². The van der Waals surface area contributed by atoms with Crippen molar-refractivity contribution in [2.75, 3.05) is 20.3 Å². The molecule has 20 heavy (non-hydrogen) atoms. The molecule has 0 amide bonds. The van der Waals surface area contributed by atoms with Crippen molar-refractivity contribution in [2.24, 2.45) is 0 Å². The molecule has 0 saturated carbocycles.